The zero-order chi connectivity index (χ0) is 19.3. The van der Waals surface area contributed by atoms with Crippen LogP contribution in [0.25, 0.3) is 11.0 Å². The molecule has 0 saturated carbocycles. The largest absolute Gasteiger partial charge is 0.481 e. The third-order valence-corrected chi connectivity index (χ3v) is 6.81. The van der Waals surface area contributed by atoms with Crippen LogP contribution in [0.2, 0.25) is 0 Å². The number of rotatable bonds is 2. The number of aromatic nitrogens is 2. The highest BCUT2D eigenvalue weighted by molar-refractivity contribution is 8.01. The topological polar surface area (TPSA) is 69.2 Å². The Morgan fingerprint density at radius 3 is 2.46 bits per heavy atom. The average Bonchev–Trinajstić information content (AvgIpc) is 2.57. The number of sulfone groups is 1. The van der Waals surface area contributed by atoms with Gasteiger partial charge in [0.05, 0.1) is 22.5 Å². The molecule has 0 aromatic carbocycles. The average molecular weight is 384 g/mol. The highest BCUT2D eigenvalue weighted by Gasteiger charge is 2.47. The van der Waals surface area contributed by atoms with Gasteiger partial charge in [-0.15, -0.1) is 0 Å². The molecule has 9 heteroatoms. The molecule has 0 spiro atoms. The van der Waals surface area contributed by atoms with Gasteiger partial charge in [-0.2, -0.15) is 13.2 Å². The van der Waals surface area contributed by atoms with E-state index in [9.17, 15) is 21.6 Å². The maximum Gasteiger partial charge on any atom is 0.434 e. The summed E-state index contributed by atoms with van der Waals surface area (Å²) >= 11 is 0. The molecule has 1 aliphatic rings. The quantitative estimate of drug-likeness (QED) is 0.790. The number of pyridine rings is 2. The van der Waals surface area contributed by atoms with Gasteiger partial charge in [0.2, 0.25) is 5.88 Å². The van der Waals surface area contributed by atoms with Crippen LogP contribution < -0.4 is 4.74 Å². The van der Waals surface area contributed by atoms with Crippen LogP contribution in [-0.4, -0.2) is 25.5 Å². The summed E-state index contributed by atoms with van der Waals surface area (Å²) in [4.78, 5) is 7.09. The minimum absolute atomic E-state index is 0.257. The van der Waals surface area contributed by atoms with Crippen molar-refractivity contribution >= 4 is 20.8 Å². The number of methoxy groups -OCH3 is 1. The lowest BCUT2D eigenvalue weighted by atomic mass is 9.98. The Labute approximate surface area is 148 Å². The van der Waals surface area contributed by atoms with Crippen LogP contribution in [-0.2, 0) is 20.8 Å². The van der Waals surface area contributed by atoms with Gasteiger partial charge in [0.25, 0.3) is 0 Å². The maximum atomic E-state index is 13.5. The van der Waals surface area contributed by atoms with Crippen molar-refractivity contribution in [2.24, 2.45) is 0 Å². The van der Waals surface area contributed by atoms with E-state index in [-0.39, 0.29) is 5.88 Å². The minimum Gasteiger partial charge on any atom is -0.481 e. The third-order valence-electron chi connectivity index (χ3n) is 4.33. The highest BCUT2D eigenvalue weighted by atomic mass is 32.2. The molecule has 5 nitrogen and oxygen atoms in total. The zero-order valence-electron chi connectivity index (χ0n) is 14.1. The summed E-state index contributed by atoms with van der Waals surface area (Å²) in [5.74, 6) is -0.257. The van der Waals surface area contributed by atoms with E-state index in [0.717, 1.165) is 12.1 Å². The first-order valence-corrected chi connectivity index (χ1v) is 9.03. The number of fused-ring (bicyclic) bond motifs is 1. The van der Waals surface area contributed by atoms with Gasteiger partial charge in [-0.25, -0.2) is 13.4 Å². The molecule has 0 amide bonds. The highest BCUT2D eigenvalue weighted by Crippen LogP contribution is 2.47. The lowest BCUT2D eigenvalue weighted by molar-refractivity contribution is -0.141. The van der Waals surface area contributed by atoms with E-state index in [1.165, 1.54) is 33.2 Å². The molecule has 0 N–H and O–H groups in total. The predicted molar refractivity (Wildman–Crippen MR) is 89.8 cm³/mol. The minimum atomic E-state index is -4.85. The first-order valence-electron chi connectivity index (χ1n) is 7.54. The Morgan fingerprint density at radius 1 is 1.15 bits per heavy atom. The number of hydrogen-bond donors (Lipinski definition) is 0. The second-order valence-electron chi connectivity index (χ2n) is 6.21. The molecule has 0 unspecified atom stereocenters. The fraction of sp³-hybridized carbons (Fsp3) is 0.294. The number of hydrogen-bond acceptors (Lipinski definition) is 5. The van der Waals surface area contributed by atoms with Crippen LogP contribution in [0.15, 0.2) is 30.5 Å². The molecular weight excluding hydrogens is 369 g/mol. The van der Waals surface area contributed by atoms with E-state index in [1.807, 2.05) is 0 Å². The van der Waals surface area contributed by atoms with E-state index in [4.69, 9.17) is 4.74 Å². The van der Waals surface area contributed by atoms with E-state index in [1.54, 1.807) is 12.1 Å². The Bertz CT molecular complexity index is 1010. The van der Waals surface area contributed by atoms with Gasteiger partial charge in [0, 0.05) is 17.8 Å². The molecule has 0 radical (unpaired) electrons. The molecular formula is C17H15F3N2O3S. The van der Waals surface area contributed by atoms with Gasteiger partial charge in [0.15, 0.2) is 15.5 Å². The van der Waals surface area contributed by atoms with Crippen LogP contribution in [0.1, 0.15) is 36.4 Å². The predicted octanol–water partition coefficient (Wildman–Crippen LogP) is 3.67. The first-order chi connectivity index (χ1) is 12.0. The van der Waals surface area contributed by atoms with Crippen molar-refractivity contribution in [2.75, 3.05) is 7.11 Å². The molecule has 2 aromatic heterocycles. The first kappa shape index (κ1) is 18.4. The Morgan fingerprint density at radius 2 is 1.85 bits per heavy atom. The van der Waals surface area contributed by atoms with E-state index in [0.29, 0.717) is 11.3 Å². The number of alkyl halides is 3. The lowest BCUT2D eigenvalue weighted by Gasteiger charge is -2.32. The van der Waals surface area contributed by atoms with Crippen LogP contribution in [0, 0.1) is 0 Å². The second kappa shape index (κ2) is 5.80. The summed E-state index contributed by atoms with van der Waals surface area (Å²) in [6.45, 7) is 2.89. The Balaban J connectivity index is 2.36. The molecule has 0 bridgehead atoms. The molecule has 3 rings (SSSR count). The van der Waals surface area contributed by atoms with Crippen molar-refractivity contribution in [3.8, 4) is 5.88 Å². The molecule has 1 aliphatic heterocycles. The molecule has 138 valence electrons. The summed E-state index contributed by atoms with van der Waals surface area (Å²) < 4.78 is 70.0. The van der Waals surface area contributed by atoms with Gasteiger partial charge < -0.3 is 4.74 Å². The second-order valence-corrected chi connectivity index (χ2v) is 8.67. The Kier molecular flexibility index (Phi) is 4.10. The normalized spacial score (nSPS) is 18.0. The number of ether oxygens (including phenoxy) is 1. The molecule has 0 fully saturated rings. The van der Waals surface area contributed by atoms with E-state index < -0.39 is 36.9 Å². The molecule has 0 aliphatic carbocycles. The van der Waals surface area contributed by atoms with E-state index in [2.05, 4.69) is 9.97 Å². The van der Waals surface area contributed by atoms with Crippen molar-refractivity contribution in [1.82, 2.24) is 9.97 Å². The van der Waals surface area contributed by atoms with Crippen molar-refractivity contribution in [3.05, 3.63) is 53.0 Å². The van der Waals surface area contributed by atoms with Crippen LogP contribution in [0.5, 0.6) is 5.88 Å². The molecule has 26 heavy (non-hydrogen) atoms. The SMILES string of the molecule is COc1ccc(C2=Cc3ncccc3C(C)(C)S2(=O)=O)c(C(F)(F)F)n1. The van der Waals surface area contributed by atoms with Crippen LogP contribution >= 0.6 is 0 Å². The van der Waals surface area contributed by atoms with Crippen molar-refractivity contribution < 1.29 is 26.3 Å². The summed E-state index contributed by atoms with van der Waals surface area (Å²) in [6, 6.07) is 5.44. The monoisotopic (exact) mass is 384 g/mol. The maximum absolute atomic E-state index is 13.5. The fourth-order valence-corrected chi connectivity index (χ4v) is 4.59. The summed E-state index contributed by atoms with van der Waals surface area (Å²) in [7, 11) is -2.95. The van der Waals surface area contributed by atoms with Gasteiger partial charge >= 0.3 is 6.18 Å². The Hall–Kier alpha value is -2.42. The summed E-state index contributed by atoms with van der Waals surface area (Å²) in [5.41, 5.74) is -1.10. The van der Waals surface area contributed by atoms with E-state index >= 15 is 0 Å². The van der Waals surface area contributed by atoms with Gasteiger partial charge in [-0.1, -0.05) is 6.07 Å². The van der Waals surface area contributed by atoms with Gasteiger partial charge in [-0.05, 0) is 37.6 Å². The summed E-state index contributed by atoms with van der Waals surface area (Å²) in [5, 5.41) is 0. The molecule has 3 heterocycles. The summed E-state index contributed by atoms with van der Waals surface area (Å²) in [6.07, 6.45) is -2.23. The molecule has 0 atom stereocenters. The number of nitrogens with zero attached hydrogens (tertiary/aromatic N) is 2. The van der Waals surface area contributed by atoms with Crippen molar-refractivity contribution in [3.63, 3.8) is 0 Å². The van der Waals surface area contributed by atoms with Crippen molar-refractivity contribution in [2.45, 2.75) is 24.8 Å². The van der Waals surface area contributed by atoms with Gasteiger partial charge in [0.1, 0.15) is 0 Å². The fourth-order valence-electron chi connectivity index (χ4n) is 2.86. The van der Waals surface area contributed by atoms with Crippen LogP contribution in [0.3, 0.4) is 0 Å². The standard InChI is InChI=1S/C17H15F3N2O3S/c1-16(2)11-5-4-8-21-12(11)9-13(26(16,23)24)10-6-7-14(25-3)22-15(10)17(18,19)20/h4-9H,1-3H3. The molecule has 0 saturated heterocycles. The third kappa shape index (κ3) is 2.66. The van der Waals surface area contributed by atoms with Crippen LogP contribution in [0.4, 0.5) is 13.2 Å². The molecule has 2 aromatic rings. The van der Waals surface area contributed by atoms with Crippen molar-refractivity contribution in [1.29, 1.82) is 0 Å². The zero-order valence-corrected chi connectivity index (χ0v) is 14.9. The number of halogens is 3. The lowest BCUT2D eigenvalue weighted by Crippen LogP contribution is -2.34. The van der Waals surface area contributed by atoms with Gasteiger partial charge in [-0.3, -0.25) is 4.98 Å². The smallest absolute Gasteiger partial charge is 0.434 e.